The van der Waals surface area contributed by atoms with Crippen molar-refractivity contribution in [3.8, 4) is 5.75 Å². The van der Waals surface area contributed by atoms with Crippen molar-refractivity contribution in [2.45, 2.75) is 31.8 Å². The lowest BCUT2D eigenvalue weighted by Gasteiger charge is -2.37. The van der Waals surface area contributed by atoms with E-state index in [0.29, 0.717) is 30.0 Å². The van der Waals surface area contributed by atoms with E-state index in [0.717, 1.165) is 25.5 Å². The third-order valence-corrected chi connectivity index (χ3v) is 5.36. The van der Waals surface area contributed by atoms with Crippen LogP contribution in [0.2, 0.25) is 0 Å². The molecule has 1 saturated carbocycles. The number of nitrogens with one attached hydrogen (secondary N) is 1. The van der Waals surface area contributed by atoms with Gasteiger partial charge in [-0.25, -0.2) is 9.18 Å². The van der Waals surface area contributed by atoms with Crippen LogP contribution in [-0.4, -0.2) is 48.4 Å². The van der Waals surface area contributed by atoms with Crippen LogP contribution in [0.3, 0.4) is 0 Å². The van der Waals surface area contributed by atoms with Gasteiger partial charge < -0.3 is 24.6 Å². The average Bonchev–Trinajstić information content (AvgIpc) is 3.47. The van der Waals surface area contributed by atoms with Gasteiger partial charge in [0.05, 0.1) is 18.0 Å². The molecule has 2 fully saturated rings. The van der Waals surface area contributed by atoms with Crippen LogP contribution in [0.5, 0.6) is 5.75 Å². The van der Waals surface area contributed by atoms with Crippen LogP contribution < -0.4 is 20.4 Å². The van der Waals surface area contributed by atoms with Gasteiger partial charge in [0.1, 0.15) is 11.3 Å². The van der Waals surface area contributed by atoms with E-state index in [1.54, 1.807) is 4.57 Å². The Bertz CT molecular complexity index is 983. The van der Waals surface area contributed by atoms with Crippen LogP contribution in [-0.2, 0) is 0 Å². The molecule has 27 heavy (non-hydrogen) atoms. The lowest BCUT2D eigenvalue weighted by molar-refractivity contribution is 0.0695. The average molecular weight is 375 g/mol. The summed E-state index contributed by atoms with van der Waals surface area (Å²) in [6.45, 7) is 4.05. The molecule has 0 radical (unpaired) electrons. The van der Waals surface area contributed by atoms with E-state index >= 15 is 4.39 Å². The van der Waals surface area contributed by atoms with Crippen LogP contribution in [0, 0.1) is 5.82 Å². The number of carboxylic acids is 1. The minimum atomic E-state index is -1.31. The summed E-state index contributed by atoms with van der Waals surface area (Å²) in [6.07, 6.45) is 3.14. The first-order chi connectivity index (χ1) is 12.9. The fourth-order valence-electron chi connectivity index (χ4n) is 3.87. The van der Waals surface area contributed by atoms with Gasteiger partial charge in [0, 0.05) is 37.9 Å². The zero-order chi connectivity index (χ0) is 19.3. The second-order valence-corrected chi connectivity index (χ2v) is 7.20. The quantitative estimate of drug-likeness (QED) is 0.850. The van der Waals surface area contributed by atoms with Crippen molar-refractivity contribution in [1.29, 1.82) is 0 Å². The van der Waals surface area contributed by atoms with Crippen molar-refractivity contribution < 1.29 is 19.0 Å². The first-order valence-corrected chi connectivity index (χ1v) is 9.10. The van der Waals surface area contributed by atoms with Crippen molar-refractivity contribution in [3.05, 3.63) is 33.9 Å². The molecular weight excluding hydrogens is 353 g/mol. The lowest BCUT2D eigenvalue weighted by atomic mass is 10.1. The van der Waals surface area contributed by atoms with Crippen LogP contribution in [0.25, 0.3) is 10.9 Å². The lowest BCUT2D eigenvalue weighted by Crippen LogP contribution is -2.50. The zero-order valence-corrected chi connectivity index (χ0v) is 15.3. The Hall–Kier alpha value is -2.61. The summed E-state index contributed by atoms with van der Waals surface area (Å²) in [7, 11) is 1.46. The highest BCUT2D eigenvalue weighted by Gasteiger charge is 2.32. The molecule has 4 rings (SSSR count). The molecule has 1 atom stereocenters. The number of nitrogens with zero attached hydrogens (tertiary/aromatic N) is 2. The number of halogens is 1. The van der Waals surface area contributed by atoms with Gasteiger partial charge in [-0.15, -0.1) is 0 Å². The number of aromatic carboxylic acids is 1. The molecular formula is C19H22FN3O4. The zero-order valence-electron chi connectivity index (χ0n) is 15.3. The minimum absolute atomic E-state index is 0.0442. The minimum Gasteiger partial charge on any atom is -0.492 e. The van der Waals surface area contributed by atoms with E-state index in [1.807, 2.05) is 11.8 Å². The van der Waals surface area contributed by atoms with Crippen molar-refractivity contribution in [2.24, 2.45) is 0 Å². The third-order valence-electron chi connectivity index (χ3n) is 5.36. The second-order valence-electron chi connectivity index (χ2n) is 7.20. The van der Waals surface area contributed by atoms with E-state index in [-0.39, 0.29) is 23.0 Å². The number of hydrogen-bond acceptors (Lipinski definition) is 5. The molecule has 7 nitrogen and oxygen atoms in total. The maximum Gasteiger partial charge on any atom is 0.341 e. The maximum absolute atomic E-state index is 15.1. The smallest absolute Gasteiger partial charge is 0.341 e. The summed E-state index contributed by atoms with van der Waals surface area (Å²) in [6, 6.07) is 1.31. The predicted octanol–water partition coefficient (Wildman–Crippen LogP) is 1.98. The molecule has 2 heterocycles. The molecule has 0 amide bonds. The van der Waals surface area contributed by atoms with E-state index in [2.05, 4.69) is 5.32 Å². The number of piperazine rings is 1. The SMILES string of the molecule is COc1c(N2CCNC[C@@H]2C)c(F)cc2c(=O)c(C(=O)O)cn(C3CC3)c12. The van der Waals surface area contributed by atoms with Gasteiger partial charge in [0.15, 0.2) is 11.6 Å². The molecule has 1 aromatic heterocycles. The van der Waals surface area contributed by atoms with Crippen molar-refractivity contribution >= 4 is 22.6 Å². The Morgan fingerprint density at radius 2 is 2.15 bits per heavy atom. The largest absolute Gasteiger partial charge is 0.492 e. The number of fused-ring (bicyclic) bond motifs is 1. The molecule has 0 spiro atoms. The van der Waals surface area contributed by atoms with Gasteiger partial charge in [-0.3, -0.25) is 4.79 Å². The van der Waals surface area contributed by atoms with Crippen LogP contribution in [0.15, 0.2) is 17.1 Å². The van der Waals surface area contributed by atoms with E-state index in [9.17, 15) is 14.7 Å². The molecule has 1 saturated heterocycles. The van der Waals surface area contributed by atoms with E-state index in [1.165, 1.54) is 13.3 Å². The van der Waals surface area contributed by atoms with Crippen molar-refractivity contribution in [1.82, 2.24) is 9.88 Å². The van der Waals surface area contributed by atoms with E-state index in [4.69, 9.17) is 4.74 Å². The summed E-state index contributed by atoms with van der Waals surface area (Å²) in [4.78, 5) is 26.1. The summed E-state index contributed by atoms with van der Waals surface area (Å²) < 4.78 is 22.5. The molecule has 144 valence electrons. The van der Waals surface area contributed by atoms with Gasteiger partial charge in [-0.1, -0.05) is 0 Å². The number of benzene rings is 1. The fourth-order valence-corrected chi connectivity index (χ4v) is 3.87. The monoisotopic (exact) mass is 375 g/mol. The number of carboxylic acid groups (broad SMARTS) is 1. The molecule has 1 aliphatic heterocycles. The van der Waals surface area contributed by atoms with Crippen molar-refractivity contribution in [3.63, 3.8) is 0 Å². The summed E-state index contributed by atoms with van der Waals surface area (Å²) in [5, 5.41) is 12.7. The molecule has 0 bridgehead atoms. The van der Waals surface area contributed by atoms with E-state index < -0.39 is 17.2 Å². The standard InChI is InChI=1S/C19H22FN3O4/c1-10-8-21-5-6-22(10)16-14(20)7-12-15(18(16)27-2)23(11-3-4-11)9-13(17(12)24)19(25)26/h7,9-11,21H,3-6,8H2,1-2H3,(H,25,26)/t10-/m0/s1. The molecule has 1 aromatic carbocycles. The normalized spacial score (nSPS) is 20.1. The first kappa shape index (κ1) is 17.8. The molecule has 2 aliphatic rings. The van der Waals surface area contributed by atoms with Gasteiger partial charge in [-0.05, 0) is 25.8 Å². The van der Waals surface area contributed by atoms with Crippen molar-refractivity contribution in [2.75, 3.05) is 31.6 Å². The Morgan fingerprint density at radius 1 is 1.41 bits per heavy atom. The number of hydrogen-bond donors (Lipinski definition) is 2. The predicted molar refractivity (Wildman–Crippen MR) is 99.6 cm³/mol. The molecule has 0 unspecified atom stereocenters. The number of ether oxygens (including phenoxy) is 1. The molecule has 1 aliphatic carbocycles. The summed E-state index contributed by atoms with van der Waals surface area (Å²) in [5.74, 6) is -1.59. The Labute approximate surface area is 155 Å². The van der Waals surface area contributed by atoms with Crippen LogP contribution in [0.4, 0.5) is 10.1 Å². The Kier molecular flexibility index (Phi) is 4.30. The first-order valence-electron chi connectivity index (χ1n) is 9.10. The van der Waals surface area contributed by atoms with Gasteiger partial charge in [0.25, 0.3) is 0 Å². The third kappa shape index (κ3) is 2.84. The van der Waals surface area contributed by atoms with Crippen LogP contribution >= 0.6 is 0 Å². The fraction of sp³-hybridized carbons (Fsp3) is 0.474. The number of pyridine rings is 1. The highest BCUT2D eigenvalue weighted by molar-refractivity contribution is 5.97. The highest BCUT2D eigenvalue weighted by atomic mass is 19.1. The van der Waals surface area contributed by atoms with Gasteiger partial charge in [-0.2, -0.15) is 0 Å². The number of carbonyl (C=O) groups is 1. The van der Waals surface area contributed by atoms with Gasteiger partial charge in [0.2, 0.25) is 5.43 Å². The highest BCUT2D eigenvalue weighted by Crippen LogP contribution is 2.44. The molecule has 8 heteroatoms. The molecule has 2 aromatic rings. The number of methoxy groups -OCH3 is 1. The number of anilines is 1. The summed E-state index contributed by atoms with van der Waals surface area (Å²) in [5.41, 5.74) is -0.237. The summed E-state index contributed by atoms with van der Waals surface area (Å²) >= 11 is 0. The number of aromatic nitrogens is 1. The Morgan fingerprint density at radius 3 is 2.74 bits per heavy atom. The van der Waals surface area contributed by atoms with Crippen LogP contribution in [0.1, 0.15) is 36.2 Å². The Balaban J connectivity index is 2.06. The second kappa shape index (κ2) is 6.53. The topological polar surface area (TPSA) is 83.8 Å². The van der Waals surface area contributed by atoms with Gasteiger partial charge >= 0.3 is 5.97 Å². The number of rotatable bonds is 4. The molecule has 2 N–H and O–H groups in total. The maximum atomic E-state index is 15.1.